The van der Waals surface area contributed by atoms with Gasteiger partial charge in [0, 0.05) is 49.1 Å². The molecular formula is C33H36N2O6S. The molecule has 8 nitrogen and oxygen atoms in total. The number of piperazine rings is 1. The average Bonchev–Trinajstić information content (AvgIpc) is 2.96. The first kappa shape index (κ1) is 29.3. The van der Waals surface area contributed by atoms with Crippen LogP contribution < -0.4 is 14.4 Å². The van der Waals surface area contributed by atoms with E-state index in [1.807, 2.05) is 75.4 Å². The fourth-order valence-electron chi connectivity index (χ4n) is 4.94. The summed E-state index contributed by atoms with van der Waals surface area (Å²) in [7, 11) is -1.67. The molecule has 220 valence electrons. The van der Waals surface area contributed by atoms with Gasteiger partial charge in [0.05, 0.1) is 12.0 Å². The van der Waals surface area contributed by atoms with Gasteiger partial charge in [0.15, 0.2) is 9.84 Å². The molecule has 4 aromatic carbocycles. The number of rotatable bonds is 6. The Kier molecular flexibility index (Phi) is 8.06. The third-order valence-corrected chi connectivity index (χ3v) is 8.25. The molecule has 1 aliphatic heterocycles. The van der Waals surface area contributed by atoms with Gasteiger partial charge in [-0.05, 0) is 92.4 Å². The van der Waals surface area contributed by atoms with Crippen molar-refractivity contribution in [1.82, 2.24) is 4.90 Å². The summed E-state index contributed by atoms with van der Waals surface area (Å²) in [5.74, 6) is 2.08. The lowest BCUT2D eigenvalue weighted by atomic mass is 9.99. The van der Waals surface area contributed by atoms with Crippen molar-refractivity contribution >= 4 is 32.4 Å². The van der Waals surface area contributed by atoms with Crippen LogP contribution >= 0.6 is 0 Å². The maximum absolute atomic E-state index is 12.4. The van der Waals surface area contributed by atoms with Gasteiger partial charge in [0.1, 0.15) is 22.8 Å². The number of methoxy groups -OCH3 is 1. The van der Waals surface area contributed by atoms with E-state index in [1.54, 1.807) is 36.3 Å². The summed E-state index contributed by atoms with van der Waals surface area (Å²) in [4.78, 5) is 16.7. The summed E-state index contributed by atoms with van der Waals surface area (Å²) in [6, 6.07) is 24.6. The van der Waals surface area contributed by atoms with Crippen LogP contribution in [-0.2, 0) is 14.6 Å². The highest BCUT2D eigenvalue weighted by Gasteiger charge is 2.26. The van der Waals surface area contributed by atoms with E-state index in [9.17, 15) is 13.2 Å². The molecule has 9 heteroatoms. The Labute approximate surface area is 247 Å². The van der Waals surface area contributed by atoms with Crippen molar-refractivity contribution in [2.24, 2.45) is 0 Å². The molecule has 0 bridgehead atoms. The first-order chi connectivity index (χ1) is 19.9. The van der Waals surface area contributed by atoms with Crippen LogP contribution in [-0.4, -0.2) is 64.6 Å². The lowest BCUT2D eigenvalue weighted by molar-refractivity contribution is 0.0240. The Hall–Kier alpha value is -4.24. The monoisotopic (exact) mass is 588 g/mol. The van der Waals surface area contributed by atoms with Crippen molar-refractivity contribution in [3.05, 3.63) is 78.9 Å². The van der Waals surface area contributed by atoms with Crippen molar-refractivity contribution < 1.29 is 27.4 Å². The molecular weight excluding hydrogens is 552 g/mol. The second kappa shape index (κ2) is 11.6. The topological polar surface area (TPSA) is 85.4 Å². The van der Waals surface area contributed by atoms with Crippen LogP contribution in [0.4, 0.5) is 10.5 Å². The predicted octanol–water partition coefficient (Wildman–Crippen LogP) is 6.77. The number of sulfone groups is 1. The molecule has 0 aliphatic carbocycles. The van der Waals surface area contributed by atoms with Crippen LogP contribution in [0, 0.1) is 0 Å². The van der Waals surface area contributed by atoms with E-state index in [1.165, 1.54) is 6.26 Å². The number of carbonyl (C=O) groups excluding carboxylic acids is 1. The first-order valence-corrected chi connectivity index (χ1v) is 15.7. The lowest BCUT2D eigenvalue weighted by Gasteiger charge is -2.36. The van der Waals surface area contributed by atoms with Crippen molar-refractivity contribution in [1.29, 1.82) is 0 Å². The SMILES string of the molecule is COc1ccc2c(Oc3ccc(N4CCN(C(=O)OC(C)(C)C)CC4)cc3)c(-c3ccc(S(C)(=O)=O)cc3)ccc2c1. The second-order valence-electron chi connectivity index (χ2n) is 11.4. The van der Waals surface area contributed by atoms with Crippen LogP contribution in [0.15, 0.2) is 83.8 Å². The van der Waals surface area contributed by atoms with Crippen LogP contribution in [0.25, 0.3) is 21.9 Å². The number of benzene rings is 4. The molecule has 1 fully saturated rings. The van der Waals surface area contributed by atoms with Crippen molar-refractivity contribution in [2.45, 2.75) is 31.3 Å². The summed E-state index contributed by atoms with van der Waals surface area (Å²) < 4.78 is 41.5. The highest BCUT2D eigenvalue weighted by molar-refractivity contribution is 7.90. The molecule has 0 aromatic heterocycles. The van der Waals surface area contributed by atoms with Crippen LogP contribution in [0.5, 0.6) is 17.2 Å². The number of amides is 1. The fourth-order valence-corrected chi connectivity index (χ4v) is 5.57. The number of anilines is 1. The second-order valence-corrected chi connectivity index (χ2v) is 13.4. The molecule has 0 unspecified atom stereocenters. The molecule has 42 heavy (non-hydrogen) atoms. The number of ether oxygens (including phenoxy) is 3. The van der Waals surface area contributed by atoms with E-state index >= 15 is 0 Å². The summed E-state index contributed by atoms with van der Waals surface area (Å²) in [6.45, 7) is 8.21. The Morgan fingerprint density at radius 2 is 1.45 bits per heavy atom. The largest absolute Gasteiger partial charge is 0.497 e. The third-order valence-electron chi connectivity index (χ3n) is 7.12. The van der Waals surface area contributed by atoms with E-state index in [-0.39, 0.29) is 11.0 Å². The predicted molar refractivity (Wildman–Crippen MR) is 166 cm³/mol. The Morgan fingerprint density at radius 3 is 2.05 bits per heavy atom. The zero-order valence-electron chi connectivity index (χ0n) is 24.6. The smallest absolute Gasteiger partial charge is 0.410 e. The number of carbonyl (C=O) groups is 1. The van der Waals surface area contributed by atoms with Crippen LogP contribution in [0.1, 0.15) is 20.8 Å². The van der Waals surface area contributed by atoms with Crippen molar-refractivity contribution in [3.63, 3.8) is 0 Å². The van der Waals surface area contributed by atoms with Crippen LogP contribution in [0.3, 0.4) is 0 Å². The molecule has 0 N–H and O–H groups in total. The van der Waals surface area contributed by atoms with Gasteiger partial charge in [-0.15, -0.1) is 0 Å². The quantitative estimate of drug-likeness (QED) is 0.246. The summed E-state index contributed by atoms with van der Waals surface area (Å²) in [5, 5.41) is 1.86. The van der Waals surface area contributed by atoms with Gasteiger partial charge in [-0.1, -0.05) is 18.2 Å². The van der Waals surface area contributed by atoms with Gasteiger partial charge in [-0.3, -0.25) is 0 Å². The zero-order chi connectivity index (χ0) is 30.1. The molecule has 1 amide bonds. The molecule has 1 heterocycles. The van der Waals surface area contributed by atoms with E-state index in [0.717, 1.165) is 33.3 Å². The number of hydrogen-bond acceptors (Lipinski definition) is 7. The fraction of sp³-hybridized carbons (Fsp3) is 0.303. The maximum Gasteiger partial charge on any atom is 0.410 e. The normalized spacial score (nSPS) is 14.1. The Balaban J connectivity index is 1.39. The Morgan fingerprint density at radius 1 is 0.810 bits per heavy atom. The summed E-state index contributed by atoms with van der Waals surface area (Å²) >= 11 is 0. The molecule has 1 aliphatic rings. The van der Waals surface area contributed by atoms with Gasteiger partial charge in [0.25, 0.3) is 0 Å². The number of fused-ring (bicyclic) bond motifs is 1. The van der Waals surface area contributed by atoms with E-state index < -0.39 is 15.4 Å². The highest BCUT2D eigenvalue weighted by atomic mass is 32.2. The zero-order valence-corrected chi connectivity index (χ0v) is 25.4. The van der Waals surface area contributed by atoms with Gasteiger partial charge in [-0.25, -0.2) is 13.2 Å². The molecule has 5 rings (SSSR count). The van der Waals surface area contributed by atoms with E-state index in [4.69, 9.17) is 14.2 Å². The average molecular weight is 589 g/mol. The molecule has 0 radical (unpaired) electrons. The van der Waals surface area contributed by atoms with Gasteiger partial charge in [-0.2, -0.15) is 0 Å². The van der Waals surface area contributed by atoms with E-state index in [0.29, 0.717) is 37.7 Å². The van der Waals surface area contributed by atoms with Crippen molar-refractivity contribution in [3.8, 4) is 28.4 Å². The molecule has 0 spiro atoms. The summed E-state index contributed by atoms with van der Waals surface area (Å²) in [6.07, 6.45) is 0.922. The highest BCUT2D eigenvalue weighted by Crippen LogP contribution is 2.41. The number of hydrogen-bond donors (Lipinski definition) is 0. The molecule has 4 aromatic rings. The molecule has 0 saturated carbocycles. The Bertz CT molecular complexity index is 1690. The molecule has 1 saturated heterocycles. The maximum atomic E-state index is 12.4. The van der Waals surface area contributed by atoms with Gasteiger partial charge < -0.3 is 24.0 Å². The van der Waals surface area contributed by atoms with Gasteiger partial charge >= 0.3 is 6.09 Å². The minimum absolute atomic E-state index is 0.266. The standard InChI is InChI=1S/C33H36N2O6S/c1-33(2,3)41-32(36)35-20-18-34(19-21-35)25-9-11-26(12-10-25)40-31-29(23-6-14-28(15-7-23)42(5,37)38)16-8-24-22-27(39-4)13-17-30(24)31/h6-17,22H,18-21H2,1-5H3. The first-order valence-electron chi connectivity index (χ1n) is 13.8. The molecule has 0 atom stereocenters. The summed E-state index contributed by atoms with van der Waals surface area (Å²) in [5.41, 5.74) is 2.22. The third kappa shape index (κ3) is 6.62. The van der Waals surface area contributed by atoms with E-state index in [2.05, 4.69) is 4.90 Å². The van der Waals surface area contributed by atoms with Gasteiger partial charge in [0.2, 0.25) is 0 Å². The minimum Gasteiger partial charge on any atom is -0.497 e. The minimum atomic E-state index is -3.31. The van der Waals surface area contributed by atoms with Crippen molar-refractivity contribution in [2.75, 3.05) is 44.4 Å². The van der Waals surface area contributed by atoms with Crippen LogP contribution in [0.2, 0.25) is 0 Å². The number of nitrogens with zero attached hydrogens (tertiary/aromatic N) is 2. The lowest BCUT2D eigenvalue weighted by Crippen LogP contribution is -2.50.